The molecule has 36 heavy (non-hydrogen) atoms. The number of nitrogens with zero attached hydrogens (tertiary/aromatic N) is 7. The Morgan fingerprint density at radius 2 is 2.03 bits per heavy atom. The zero-order valence-electron chi connectivity index (χ0n) is 19.0. The first kappa shape index (κ1) is 22.4. The van der Waals surface area contributed by atoms with E-state index < -0.39 is 5.95 Å². The van der Waals surface area contributed by atoms with Gasteiger partial charge in [-0.15, -0.1) is 5.10 Å². The number of aromatic amines is 1. The van der Waals surface area contributed by atoms with Crippen LogP contribution in [0.1, 0.15) is 43.1 Å². The number of nitrogen functional groups attached to an aromatic ring is 1. The Morgan fingerprint density at radius 1 is 1.14 bits per heavy atom. The molecule has 0 bridgehead atoms. The third-order valence-electron chi connectivity index (χ3n) is 6.77. The summed E-state index contributed by atoms with van der Waals surface area (Å²) >= 11 is 6.31. The number of aromatic nitrogens is 7. The second kappa shape index (κ2) is 8.83. The molecule has 6 rings (SSSR count). The van der Waals surface area contributed by atoms with Crippen LogP contribution in [0.4, 0.5) is 10.2 Å². The predicted molar refractivity (Wildman–Crippen MR) is 130 cm³/mol. The SMILES string of the molecule is Nc1ccc(-c2cnc([C@H]3CC[C@@H]4CCC(c5cc(Cl)ccc5-n5cnnn5)=CC(=O)N43)[nH]2)c(F)n1. The van der Waals surface area contributed by atoms with Crippen LogP contribution in [-0.2, 0) is 4.79 Å². The van der Waals surface area contributed by atoms with Gasteiger partial charge in [0.05, 0.1) is 29.2 Å². The van der Waals surface area contributed by atoms with Gasteiger partial charge in [0, 0.05) is 22.7 Å². The number of hydrogen-bond acceptors (Lipinski definition) is 7. The van der Waals surface area contributed by atoms with Crippen molar-refractivity contribution < 1.29 is 9.18 Å². The van der Waals surface area contributed by atoms with Crippen LogP contribution >= 0.6 is 11.6 Å². The molecular weight excluding hydrogens is 485 g/mol. The summed E-state index contributed by atoms with van der Waals surface area (Å²) in [7, 11) is 0. The lowest BCUT2D eigenvalue weighted by Crippen LogP contribution is -2.35. The van der Waals surface area contributed by atoms with Crippen molar-refractivity contribution in [2.24, 2.45) is 0 Å². The molecule has 0 unspecified atom stereocenters. The lowest BCUT2D eigenvalue weighted by Gasteiger charge is -2.27. The Labute approximate surface area is 210 Å². The Morgan fingerprint density at radius 3 is 2.83 bits per heavy atom. The van der Waals surface area contributed by atoms with Gasteiger partial charge < -0.3 is 15.6 Å². The van der Waals surface area contributed by atoms with Gasteiger partial charge in [0.2, 0.25) is 11.9 Å². The number of anilines is 1. The van der Waals surface area contributed by atoms with Gasteiger partial charge in [-0.2, -0.15) is 9.07 Å². The predicted octanol–water partition coefficient (Wildman–Crippen LogP) is 3.73. The van der Waals surface area contributed by atoms with E-state index in [0.29, 0.717) is 23.0 Å². The summed E-state index contributed by atoms with van der Waals surface area (Å²) < 4.78 is 15.9. The van der Waals surface area contributed by atoms with Gasteiger partial charge in [0.15, 0.2) is 0 Å². The number of hydrogen-bond donors (Lipinski definition) is 2. The molecule has 1 amide bonds. The highest BCUT2D eigenvalue weighted by Gasteiger charge is 2.40. The molecule has 1 fully saturated rings. The maximum Gasteiger partial charge on any atom is 0.247 e. The lowest BCUT2D eigenvalue weighted by atomic mass is 9.97. The Bertz CT molecular complexity index is 1480. The number of H-pyrrole nitrogens is 1. The third-order valence-corrected chi connectivity index (χ3v) is 7.01. The number of halogens is 2. The number of pyridine rings is 1. The number of benzene rings is 1. The monoisotopic (exact) mass is 505 g/mol. The summed E-state index contributed by atoms with van der Waals surface area (Å²) in [6, 6.07) is 8.36. The van der Waals surface area contributed by atoms with Crippen LogP contribution < -0.4 is 5.73 Å². The average Bonchev–Trinajstić information content (AvgIpc) is 3.61. The van der Waals surface area contributed by atoms with E-state index in [1.807, 2.05) is 17.0 Å². The van der Waals surface area contributed by atoms with Crippen LogP contribution in [0.5, 0.6) is 0 Å². The van der Waals surface area contributed by atoms with Gasteiger partial charge in [-0.25, -0.2) is 9.97 Å². The van der Waals surface area contributed by atoms with E-state index in [-0.39, 0.29) is 29.4 Å². The van der Waals surface area contributed by atoms with Crippen molar-refractivity contribution in [2.45, 2.75) is 37.8 Å². The van der Waals surface area contributed by atoms with Gasteiger partial charge in [-0.1, -0.05) is 11.6 Å². The van der Waals surface area contributed by atoms with Crippen molar-refractivity contribution in [1.82, 2.24) is 40.1 Å². The number of fused-ring (bicyclic) bond motifs is 1. The van der Waals surface area contributed by atoms with Crippen LogP contribution in [-0.4, -0.2) is 52.0 Å². The maximum atomic E-state index is 14.3. The first-order chi connectivity index (χ1) is 17.5. The number of allylic oxidation sites excluding steroid dienone is 1. The molecule has 4 aromatic rings. The minimum atomic E-state index is -0.673. The number of nitrogens with one attached hydrogen (secondary N) is 1. The average molecular weight is 506 g/mol. The molecule has 0 saturated carbocycles. The molecule has 3 aromatic heterocycles. The van der Waals surface area contributed by atoms with E-state index >= 15 is 0 Å². The van der Waals surface area contributed by atoms with Crippen molar-refractivity contribution in [3.8, 4) is 16.9 Å². The smallest absolute Gasteiger partial charge is 0.247 e. The summed E-state index contributed by atoms with van der Waals surface area (Å²) in [5.74, 6) is -0.0508. The highest BCUT2D eigenvalue weighted by molar-refractivity contribution is 6.30. The van der Waals surface area contributed by atoms with Crippen molar-refractivity contribution in [3.63, 3.8) is 0 Å². The minimum Gasteiger partial charge on any atom is -0.384 e. The molecule has 0 spiro atoms. The van der Waals surface area contributed by atoms with Crippen molar-refractivity contribution in [1.29, 1.82) is 0 Å². The number of amides is 1. The third kappa shape index (κ3) is 3.91. The van der Waals surface area contributed by atoms with E-state index in [4.69, 9.17) is 17.3 Å². The topological polar surface area (TPSA) is 132 Å². The number of carbonyl (C=O) groups excluding carboxylic acids is 1. The molecular formula is C24H21ClFN9O. The lowest BCUT2D eigenvalue weighted by molar-refractivity contribution is -0.128. The summed E-state index contributed by atoms with van der Waals surface area (Å²) in [4.78, 5) is 26.8. The fraction of sp³-hybridized carbons (Fsp3) is 0.250. The standard InChI is InChI=1S/C24H21ClFN9O/c25-14-2-6-19(34-12-29-32-33-34)17(10-14)13-1-3-15-4-7-20(35(15)22(36)9-13)24-28-11-18(30-24)16-5-8-21(27)31-23(16)26/h2,5-6,8-12,15,20H,1,3-4,7H2,(H2,27,31)(H,28,30)/t15-,20+/m0/s1. The van der Waals surface area contributed by atoms with E-state index in [2.05, 4.69) is 30.5 Å². The molecule has 0 aliphatic carbocycles. The first-order valence-corrected chi connectivity index (χ1v) is 11.9. The van der Waals surface area contributed by atoms with Crippen molar-refractivity contribution in [3.05, 3.63) is 71.3 Å². The molecule has 3 N–H and O–H groups in total. The highest BCUT2D eigenvalue weighted by atomic mass is 35.5. The fourth-order valence-electron chi connectivity index (χ4n) is 5.13. The fourth-order valence-corrected chi connectivity index (χ4v) is 5.30. The maximum absolute atomic E-state index is 14.3. The second-order valence-corrected chi connectivity index (χ2v) is 9.31. The number of tetrazole rings is 1. The largest absolute Gasteiger partial charge is 0.384 e. The molecule has 1 aromatic carbocycles. The van der Waals surface area contributed by atoms with Gasteiger partial charge in [0.25, 0.3) is 0 Å². The van der Waals surface area contributed by atoms with Crippen LogP contribution in [0.3, 0.4) is 0 Å². The number of carbonyl (C=O) groups is 1. The summed E-state index contributed by atoms with van der Waals surface area (Å²) in [6.45, 7) is 0. The highest BCUT2D eigenvalue weighted by Crippen LogP contribution is 2.41. The molecule has 12 heteroatoms. The normalized spacial score (nSPS) is 19.8. The minimum absolute atomic E-state index is 0.0652. The number of imidazole rings is 1. The molecule has 2 atom stereocenters. The van der Waals surface area contributed by atoms with E-state index in [0.717, 1.165) is 36.1 Å². The molecule has 182 valence electrons. The van der Waals surface area contributed by atoms with Gasteiger partial charge in [-0.05, 0) is 72.0 Å². The van der Waals surface area contributed by atoms with Crippen LogP contribution in [0.15, 0.2) is 48.9 Å². The second-order valence-electron chi connectivity index (χ2n) is 8.87. The molecule has 10 nitrogen and oxygen atoms in total. The van der Waals surface area contributed by atoms with E-state index in [1.54, 1.807) is 29.1 Å². The molecule has 2 aliphatic heterocycles. The van der Waals surface area contributed by atoms with Crippen LogP contribution in [0.2, 0.25) is 5.02 Å². The van der Waals surface area contributed by atoms with Gasteiger partial charge in [-0.3, -0.25) is 4.79 Å². The van der Waals surface area contributed by atoms with Gasteiger partial charge in [0.1, 0.15) is 18.0 Å². The first-order valence-electron chi connectivity index (χ1n) is 11.5. The van der Waals surface area contributed by atoms with Crippen molar-refractivity contribution >= 4 is 28.9 Å². The summed E-state index contributed by atoms with van der Waals surface area (Å²) in [6.07, 6.45) is 7.84. The number of rotatable bonds is 4. The van der Waals surface area contributed by atoms with E-state index in [1.165, 1.54) is 12.4 Å². The quantitative estimate of drug-likeness (QED) is 0.404. The summed E-state index contributed by atoms with van der Waals surface area (Å²) in [5, 5.41) is 12.0. The summed E-state index contributed by atoms with van der Waals surface area (Å²) in [5.41, 5.74) is 8.76. The zero-order chi connectivity index (χ0) is 24.8. The van der Waals surface area contributed by atoms with Crippen LogP contribution in [0.25, 0.3) is 22.5 Å². The van der Waals surface area contributed by atoms with Crippen molar-refractivity contribution in [2.75, 3.05) is 5.73 Å². The Hall–Kier alpha value is -4.12. The molecule has 0 radical (unpaired) electrons. The molecule has 2 aliphatic rings. The zero-order valence-corrected chi connectivity index (χ0v) is 19.7. The molecule has 5 heterocycles. The number of nitrogens with two attached hydrogens (primary N) is 1. The Balaban J connectivity index is 1.32. The van der Waals surface area contributed by atoms with Gasteiger partial charge >= 0.3 is 0 Å². The van der Waals surface area contributed by atoms with E-state index in [9.17, 15) is 9.18 Å². The molecule has 1 saturated heterocycles. The Kier molecular flexibility index (Phi) is 5.48. The van der Waals surface area contributed by atoms with Crippen LogP contribution in [0, 0.1) is 5.95 Å².